The highest BCUT2D eigenvalue weighted by atomic mass is 31.3. The van der Waals surface area contributed by atoms with Crippen molar-refractivity contribution in [2.24, 2.45) is 13.5 Å². The van der Waals surface area contributed by atoms with E-state index in [1.807, 2.05) is 13.5 Å². The third-order valence-electron chi connectivity index (χ3n) is 7.73. The standard InChI is InChI=1S/C24H18F36N3O6P3/c25-7(26)19(49,50)13(37,38)1-64-70(65-2-14(39,40)20(51,52)8(27)28)61-71(66-3-15(41,42)21(53,54)9(29)30,67-4-16(43,44)22(55,56)10(31)32)63-72(62-70,68-5-17(45,46)23(57,58)11(33)34)69-6-18(47,48)24(59,60)12(35)36/h7-12H,1-6H2. The molecule has 0 atom stereocenters. The van der Waals surface area contributed by atoms with Gasteiger partial charge in [-0.2, -0.15) is 105 Å². The van der Waals surface area contributed by atoms with Crippen molar-refractivity contribution in [3.05, 3.63) is 0 Å². The lowest BCUT2D eigenvalue weighted by atomic mass is 10.2. The highest BCUT2D eigenvalue weighted by molar-refractivity contribution is 7.78. The summed E-state index contributed by atoms with van der Waals surface area (Å²) in [6, 6.07) is 0. The van der Waals surface area contributed by atoms with Crippen LogP contribution in [0.15, 0.2) is 13.5 Å². The van der Waals surface area contributed by atoms with Gasteiger partial charge in [0.15, 0.2) is 0 Å². The fourth-order valence-electron chi connectivity index (χ4n) is 3.43. The summed E-state index contributed by atoms with van der Waals surface area (Å²) in [5.41, 5.74) is 0. The number of hydrogen-bond acceptors (Lipinski definition) is 9. The molecular formula is C24H18F36N3O6P3. The molecule has 432 valence electrons. The molecule has 0 amide bonds. The van der Waals surface area contributed by atoms with E-state index in [1.165, 1.54) is 0 Å². The summed E-state index contributed by atoms with van der Waals surface area (Å²) in [5, 5.41) is 0. The molecule has 0 aromatic rings. The Morgan fingerprint density at radius 3 is 0.403 bits per heavy atom. The first-order valence-corrected chi connectivity index (χ1v) is 21.1. The Kier molecular flexibility index (Phi) is 20.5. The van der Waals surface area contributed by atoms with Crippen LogP contribution in [0.1, 0.15) is 0 Å². The summed E-state index contributed by atoms with van der Waals surface area (Å²) in [7, 11) is -24.8. The SMILES string of the molecule is FC(F)C(F)(F)C(F)(F)COP1(OCC(F)(F)C(F)(F)C(F)F)=NP(OCC(F)(F)C(F)(F)C(F)F)(OCC(F)(F)C(F)(F)C(F)F)=NP(OCC(F)(F)C(F)(F)C(F)F)(OCC(F)(F)C(F)(F)C(F)F)=N1. The zero-order valence-electron chi connectivity index (χ0n) is 32.4. The monoisotopic (exact) mass is 1220 g/mol. The van der Waals surface area contributed by atoms with Gasteiger partial charge in [-0.25, -0.2) is 52.7 Å². The van der Waals surface area contributed by atoms with Crippen molar-refractivity contribution in [3.8, 4) is 0 Å². The van der Waals surface area contributed by atoms with Gasteiger partial charge in [-0.15, -0.1) is 13.5 Å². The Bertz CT molecular complexity index is 1650. The molecule has 0 saturated heterocycles. The van der Waals surface area contributed by atoms with Crippen LogP contribution in [0.5, 0.6) is 0 Å². The van der Waals surface area contributed by atoms with Crippen LogP contribution in [0.4, 0.5) is 158 Å². The minimum Gasteiger partial charge on any atom is -0.300 e. The highest BCUT2D eigenvalue weighted by Gasteiger charge is 2.70. The molecular weight excluding hydrogens is 1200 g/mol. The number of halogens is 36. The molecule has 9 nitrogen and oxygen atoms in total. The Morgan fingerprint density at radius 2 is 0.319 bits per heavy atom. The third-order valence-corrected chi connectivity index (χ3v) is 16.0. The predicted molar refractivity (Wildman–Crippen MR) is 159 cm³/mol. The quantitative estimate of drug-likeness (QED) is 0.0526. The largest absolute Gasteiger partial charge is 0.371 e. The summed E-state index contributed by atoms with van der Waals surface area (Å²) in [6.07, 6.45) is -35.3. The molecule has 0 spiro atoms. The second-order valence-electron chi connectivity index (χ2n) is 13.1. The summed E-state index contributed by atoms with van der Waals surface area (Å²) in [6.45, 7) is -25.7. The average molecular weight is 1220 g/mol. The van der Waals surface area contributed by atoms with Crippen LogP contribution in [0, 0.1) is 0 Å². The van der Waals surface area contributed by atoms with Crippen LogP contribution in [0.2, 0.25) is 0 Å². The molecule has 1 rings (SSSR count). The van der Waals surface area contributed by atoms with Crippen molar-refractivity contribution in [2.45, 2.75) is 110 Å². The summed E-state index contributed by atoms with van der Waals surface area (Å²) < 4.78 is 524. The first-order chi connectivity index (χ1) is 31.5. The van der Waals surface area contributed by atoms with E-state index in [-0.39, 0.29) is 0 Å². The van der Waals surface area contributed by atoms with E-state index in [2.05, 4.69) is 27.1 Å². The topological polar surface area (TPSA) is 92.5 Å². The normalized spacial score (nSPS) is 18.4. The molecule has 0 aliphatic carbocycles. The zero-order chi connectivity index (χ0) is 57.6. The number of hydrogen-bond donors (Lipinski definition) is 0. The van der Waals surface area contributed by atoms with E-state index >= 15 is 0 Å². The lowest BCUT2D eigenvalue weighted by Crippen LogP contribution is -2.50. The smallest absolute Gasteiger partial charge is 0.300 e. The molecule has 48 heteroatoms. The summed E-state index contributed by atoms with van der Waals surface area (Å²) >= 11 is 0. The molecule has 0 N–H and O–H groups in total. The molecule has 0 aromatic heterocycles. The zero-order valence-corrected chi connectivity index (χ0v) is 35.1. The van der Waals surface area contributed by atoms with Gasteiger partial charge >= 0.3 is 133 Å². The van der Waals surface area contributed by atoms with Gasteiger partial charge in [-0.3, -0.25) is 27.1 Å². The second kappa shape index (κ2) is 21.8. The Balaban J connectivity index is 5.16. The number of rotatable bonds is 30. The van der Waals surface area contributed by atoms with Crippen molar-refractivity contribution in [3.63, 3.8) is 0 Å². The molecule has 0 fully saturated rings. The third kappa shape index (κ3) is 13.9. The van der Waals surface area contributed by atoms with Gasteiger partial charge in [0.1, 0.15) is 39.6 Å². The highest BCUT2D eigenvalue weighted by Crippen LogP contribution is 2.82. The fourth-order valence-corrected chi connectivity index (χ4v) is 12.9. The van der Waals surface area contributed by atoms with Crippen molar-refractivity contribution in [1.82, 2.24) is 0 Å². The predicted octanol–water partition coefficient (Wildman–Crippen LogP) is 15.2. The van der Waals surface area contributed by atoms with E-state index in [1.54, 1.807) is 0 Å². The minimum atomic E-state index is -8.28. The molecule has 1 heterocycles. The Labute approximate surface area is 371 Å². The van der Waals surface area contributed by atoms with Crippen molar-refractivity contribution >= 4 is 23.0 Å². The van der Waals surface area contributed by atoms with E-state index in [0.717, 1.165) is 0 Å². The molecule has 0 aromatic carbocycles. The van der Waals surface area contributed by atoms with Gasteiger partial charge in [-0.05, 0) is 0 Å². The maximum Gasteiger partial charge on any atom is 0.371 e. The summed E-state index contributed by atoms with van der Waals surface area (Å²) in [5.74, 6) is -85.6. The maximum absolute atomic E-state index is 14.6. The van der Waals surface area contributed by atoms with Gasteiger partial charge < -0.3 is 0 Å². The number of alkyl halides is 36. The molecule has 72 heavy (non-hydrogen) atoms. The average Bonchev–Trinajstić information content (AvgIpc) is 3.21. The first kappa shape index (κ1) is 67.9. The van der Waals surface area contributed by atoms with E-state index in [9.17, 15) is 158 Å². The summed E-state index contributed by atoms with van der Waals surface area (Å²) in [4.78, 5) is 0. The van der Waals surface area contributed by atoms with Crippen LogP contribution < -0.4 is 0 Å². The minimum absolute atomic E-state index is 1.90. The van der Waals surface area contributed by atoms with Crippen molar-refractivity contribution < 1.29 is 185 Å². The van der Waals surface area contributed by atoms with Crippen molar-refractivity contribution in [1.29, 1.82) is 0 Å². The van der Waals surface area contributed by atoms with Gasteiger partial charge in [-0.1, -0.05) is 0 Å². The second-order valence-corrected chi connectivity index (χ2v) is 19.8. The number of nitrogens with zero attached hydrogens (tertiary/aromatic N) is 3. The molecule has 1 aliphatic heterocycles. The van der Waals surface area contributed by atoms with Gasteiger partial charge in [0, 0.05) is 0 Å². The van der Waals surface area contributed by atoms with E-state index < -0.39 is 172 Å². The van der Waals surface area contributed by atoms with Crippen molar-refractivity contribution in [2.75, 3.05) is 39.6 Å². The molecule has 0 saturated carbocycles. The molecule has 1 aliphatic rings. The lowest BCUT2D eigenvalue weighted by Gasteiger charge is -2.37. The van der Waals surface area contributed by atoms with Crippen LogP contribution in [-0.4, -0.2) is 149 Å². The lowest BCUT2D eigenvalue weighted by molar-refractivity contribution is -0.276. The maximum atomic E-state index is 14.6. The first-order valence-electron chi connectivity index (χ1n) is 16.5. The van der Waals surface area contributed by atoms with E-state index in [4.69, 9.17) is 0 Å². The van der Waals surface area contributed by atoms with Crippen LogP contribution in [0.3, 0.4) is 0 Å². The van der Waals surface area contributed by atoms with E-state index in [0.29, 0.717) is 0 Å². The fraction of sp³-hybridized carbons (Fsp3) is 1.00. The van der Waals surface area contributed by atoms with Gasteiger partial charge in [0.2, 0.25) is 0 Å². The Morgan fingerprint density at radius 1 is 0.222 bits per heavy atom. The Hall–Kier alpha value is -2.07. The molecule has 0 bridgehead atoms. The van der Waals surface area contributed by atoms with Crippen LogP contribution in [-0.2, 0) is 27.1 Å². The molecule has 0 unspecified atom stereocenters. The van der Waals surface area contributed by atoms with Crippen LogP contribution >= 0.6 is 23.0 Å². The molecule has 0 radical (unpaired) electrons. The van der Waals surface area contributed by atoms with Crippen LogP contribution in [0.25, 0.3) is 0 Å². The van der Waals surface area contributed by atoms with Gasteiger partial charge in [0.25, 0.3) is 0 Å². The van der Waals surface area contributed by atoms with Gasteiger partial charge in [0.05, 0.1) is 0 Å².